The third-order valence-electron chi connectivity index (χ3n) is 3.66. The highest BCUT2D eigenvalue weighted by atomic mass is 16.5. The first-order chi connectivity index (χ1) is 8.67. The summed E-state index contributed by atoms with van der Waals surface area (Å²) >= 11 is 0. The zero-order valence-corrected chi connectivity index (χ0v) is 11.6. The van der Waals surface area contributed by atoms with Crippen molar-refractivity contribution in [3.63, 3.8) is 0 Å². The lowest BCUT2D eigenvalue weighted by molar-refractivity contribution is 0.363. The molecule has 0 amide bonds. The maximum Gasteiger partial charge on any atom is 0.145 e. The second-order valence-electron chi connectivity index (χ2n) is 4.81. The van der Waals surface area contributed by atoms with Crippen molar-refractivity contribution in [2.24, 2.45) is 5.92 Å². The Bertz CT molecular complexity index is 428. The average Bonchev–Trinajstić information content (AvgIpc) is 2.31. The molecule has 2 rings (SSSR count). The summed E-state index contributed by atoms with van der Waals surface area (Å²) in [6, 6.07) is 2.02. The van der Waals surface area contributed by atoms with E-state index >= 15 is 0 Å². The van der Waals surface area contributed by atoms with Crippen molar-refractivity contribution in [1.29, 1.82) is 0 Å². The predicted molar refractivity (Wildman–Crippen MR) is 73.9 cm³/mol. The van der Waals surface area contributed by atoms with E-state index in [0.717, 1.165) is 47.9 Å². The van der Waals surface area contributed by atoms with E-state index in [0.29, 0.717) is 5.92 Å². The van der Waals surface area contributed by atoms with Gasteiger partial charge in [-0.2, -0.15) is 0 Å². The van der Waals surface area contributed by atoms with Crippen molar-refractivity contribution in [2.75, 3.05) is 39.2 Å². The van der Waals surface area contributed by atoms with Gasteiger partial charge in [0.25, 0.3) is 0 Å². The van der Waals surface area contributed by atoms with Gasteiger partial charge in [0.05, 0.1) is 19.9 Å². The highest BCUT2D eigenvalue weighted by Gasteiger charge is 2.18. The third-order valence-corrected chi connectivity index (χ3v) is 3.66. The minimum absolute atomic E-state index is 0.710. The number of anilines is 1. The van der Waals surface area contributed by atoms with Crippen molar-refractivity contribution >= 4 is 5.69 Å². The first kappa shape index (κ1) is 13.0. The molecule has 1 aliphatic rings. The Hall–Kier alpha value is -1.42. The van der Waals surface area contributed by atoms with E-state index in [-0.39, 0.29) is 0 Å². The van der Waals surface area contributed by atoms with Crippen LogP contribution in [0.3, 0.4) is 0 Å². The molecule has 0 bridgehead atoms. The summed E-state index contributed by atoms with van der Waals surface area (Å²) in [6.45, 7) is 7.27. The number of nitrogens with one attached hydrogen (secondary N) is 2. The van der Waals surface area contributed by atoms with Crippen LogP contribution in [-0.4, -0.2) is 33.9 Å². The summed E-state index contributed by atoms with van der Waals surface area (Å²) in [6.07, 6.45) is 0. The Morgan fingerprint density at radius 2 is 1.94 bits per heavy atom. The summed E-state index contributed by atoms with van der Waals surface area (Å²) in [5.41, 5.74) is 3.28. The Balaban J connectivity index is 2.22. The molecule has 18 heavy (non-hydrogen) atoms. The van der Waals surface area contributed by atoms with Gasteiger partial charge in [-0.15, -0.1) is 0 Å². The number of methoxy groups -OCH3 is 2. The first-order valence-electron chi connectivity index (χ1n) is 6.34. The third kappa shape index (κ3) is 2.38. The van der Waals surface area contributed by atoms with Crippen molar-refractivity contribution < 1.29 is 9.47 Å². The monoisotopic (exact) mass is 250 g/mol. The topological polar surface area (TPSA) is 42.5 Å². The van der Waals surface area contributed by atoms with Gasteiger partial charge >= 0.3 is 0 Å². The minimum Gasteiger partial charge on any atom is -0.496 e. The molecule has 1 aromatic carbocycles. The zero-order chi connectivity index (χ0) is 13.1. The Labute approximate surface area is 109 Å². The quantitative estimate of drug-likeness (QED) is 0.838. The molecule has 0 spiro atoms. The van der Waals surface area contributed by atoms with Gasteiger partial charge in [0.2, 0.25) is 0 Å². The fourth-order valence-corrected chi connectivity index (χ4v) is 2.22. The van der Waals surface area contributed by atoms with E-state index in [4.69, 9.17) is 9.47 Å². The molecule has 1 fully saturated rings. The fraction of sp³-hybridized carbons (Fsp3) is 0.571. The minimum atomic E-state index is 0.710. The van der Waals surface area contributed by atoms with Gasteiger partial charge in [-0.05, 0) is 25.0 Å². The lowest BCUT2D eigenvalue weighted by Gasteiger charge is -2.28. The smallest absolute Gasteiger partial charge is 0.145 e. The molecular weight excluding hydrogens is 228 g/mol. The summed E-state index contributed by atoms with van der Waals surface area (Å²) < 4.78 is 10.9. The highest BCUT2D eigenvalue weighted by molar-refractivity contribution is 5.66. The molecule has 0 radical (unpaired) electrons. The predicted octanol–water partition coefficient (Wildman–Crippen LogP) is 1.95. The van der Waals surface area contributed by atoms with E-state index in [1.807, 2.05) is 6.07 Å². The van der Waals surface area contributed by atoms with Gasteiger partial charge in [0.15, 0.2) is 0 Å². The first-order valence-corrected chi connectivity index (χ1v) is 6.34. The van der Waals surface area contributed by atoms with Crippen molar-refractivity contribution in [3.8, 4) is 11.5 Å². The molecule has 1 saturated heterocycles. The molecule has 0 aromatic heterocycles. The number of hydrogen-bond donors (Lipinski definition) is 2. The molecular formula is C14H22N2O2. The van der Waals surface area contributed by atoms with E-state index in [1.165, 1.54) is 0 Å². The molecule has 0 saturated carbocycles. The Morgan fingerprint density at radius 3 is 2.44 bits per heavy atom. The maximum absolute atomic E-state index is 5.51. The molecule has 0 atom stereocenters. The number of hydrogen-bond acceptors (Lipinski definition) is 4. The van der Waals surface area contributed by atoms with Crippen molar-refractivity contribution in [1.82, 2.24) is 5.32 Å². The molecule has 1 heterocycles. The lowest BCUT2D eigenvalue weighted by Crippen LogP contribution is -2.45. The van der Waals surface area contributed by atoms with Crippen LogP contribution in [0.2, 0.25) is 0 Å². The normalized spacial score (nSPS) is 15.1. The van der Waals surface area contributed by atoms with Crippen molar-refractivity contribution in [2.45, 2.75) is 13.8 Å². The molecule has 4 heteroatoms. The van der Waals surface area contributed by atoms with Gasteiger partial charge in [-0.1, -0.05) is 0 Å². The number of ether oxygens (including phenoxy) is 2. The van der Waals surface area contributed by atoms with Crippen LogP contribution < -0.4 is 20.1 Å². The van der Waals surface area contributed by atoms with Crippen LogP contribution in [0, 0.1) is 19.8 Å². The summed E-state index contributed by atoms with van der Waals surface area (Å²) in [5.74, 6) is 2.53. The van der Waals surface area contributed by atoms with E-state index in [2.05, 4.69) is 24.5 Å². The standard InChI is InChI=1S/C14H22N2O2/c1-9-10(2)14(18-4)12(5-13(9)17-3)16-8-11-6-15-7-11/h5,11,15-16H,6-8H2,1-4H3. The summed E-state index contributed by atoms with van der Waals surface area (Å²) in [5, 5.41) is 6.74. The number of benzene rings is 1. The second-order valence-corrected chi connectivity index (χ2v) is 4.81. The Kier molecular flexibility index (Phi) is 3.97. The molecule has 0 unspecified atom stereocenters. The van der Waals surface area contributed by atoms with E-state index < -0.39 is 0 Å². The van der Waals surface area contributed by atoms with Crippen LogP contribution in [0.15, 0.2) is 6.07 Å². The Morgan fingerprint density at radius 1 is 1.22 bits per heavy atom. The molecule has 1 aliphatic heterocycles. The van der Waals surface area contributed by atoms with E-state index in [9.17, 15) is 0 Å². The van der Waals surface area contributed by atoms with Crippen LogP contribution in [0.1, 0.15) is 11.1 Å². The van der Waals surface area contributed by atoms with Crippen LogP contribution >= 0.6 is 0 Å². The SMILES string of the molecule is COc1cc(NCC2CNC2)c(OC)c(C)c1C. The average molecular weight is 250 g/mol. The molecule has 2 N–H and O–H groups in total. The molecule has 1 aromatic rings. The second kappa shape index (κ2) is 5.48. The molecule has 0 aliphatic carbocycles. The van der Waals surface area contributed by atoms with Crippen LogP contribution in [0.5, 0.6) is 11.5 Å². The largest absolute Gasteiger partial charge is 0.496 e. The van der Waals surface area contributed by atoms with E-state index in [1.54, 1.807) is 14.2 Å². The summed E-state index contributed by atoms with van der Waals surface area (Å²) in [4.78, 5) is 0. The van der Waals surface area contributed by atoms with Crippen LogP contribution in [0.4, 0.5) is 5.69 Å². The van der Waals surface area contributed by atoms with Crippen molar-refractivity contribution in [3.05, 3.63) is 17.2 Å². The fourth-order valence-electron chi connectivity index (χ4n) is 2.22. The molecule has 4 nitrogen and oxygen atoms in total. The number of rotatable bonds is 5. The zero-order valence-electron chi connectivity index (χ0n) is 11.6. The van der Waals surface area contributed by atoms with Gasteiger partial charge in [0, 0.05) is 31.6 Å². The maximum atomic E-state index is 5.51. The molecule has 100 valence electrons. The van der Waals surface area contributed by atoms with Gasteiger partial charge in [-0.25, -0.2) is 0 Å². The lowest BCUT2D eigenvalue weighted by atomic mass is 10.0. The van der Waals surface area contributed by atoms with Gasteiger partial charge in [0.1, 0.15) is 11.5 Å². The summed E-state index contributed by atoms with van der Waals surface area (Å²) in [7, 11) is 3.41. The van der Waals surface area contributed by atoms with Crippen LogP contribution in [0.25, 0.3) is 0 Å². The van der Waals surface area contributed by atoms with Crippen LogP contribution in [-0.2, 0) is 0 Å². The highest BCUT2D eigenvalue weighted by Crippen LogP contribution is 2.37. The van der Waals surface area contributed by atoms with Gasteiger partial charge < -0.3 is 20.1 Å². The van der Waals surface area contributed by atoms with Gasteiger partial charge in [-0.3, -0.25) is 0 Å².